The largest absolute Gasteiger partial charge is 0.481 e. The number of carboxylic acids is 1. The first-order valence-corrected chi connectivity index (χ1v) is 7.15. The Balaban J connectivity index is 2.15. The molecule has 2 aromatic heterocycles. The van der Waals surface area contributed by atoms with Crippen LogP contribution in [0, 0.1) is 0 Å². The van der Waals surface area contributed by atoms with Crippen molar-refractivity contribution in [3.63, 3.8) is 0 Å². The summed E-state index contributed by atoms with van der Waals surface area (Å²) in [6.07, 6.45) is 2.60. The van der Waals surface area contributed by atoms with Gasteiger partial charge in [-0.3, -0.25) is 9.52 Å². The van der Waals surface area contributed by atoms with Crippen molar-refractivity contribution in [2.24, 2.45) is 0 Å². The Bertz CT molecular complexity index is 645. The third-order valence-corrected chi connectivity index (χ3v) is 4.26. The molecule has 0 aromatic carbocycles. The van der Waals surface area contributed by atoms with Crippen LogP contribution in [-0.2, 0) is 21.2 Å². The summed E-state index contributed by atoms with van der Waals surface area (Å²) in [5.41, 5.74) is 0.319. The van der Waals surface area contributed by atoms with Gasteiger partial charge in [0.1, 0.15) is 4.90 Å². The summed E-state index contributed by atoms with van der Waals surface area (Å²) >= 11 is 1.04. The molecule has 0 amide bonds. The zero-order valence-electron chi connectivity index (χ0n) is 8.95. The second-order valence-electron chi connectivity index (χ2n) is 3.37. The van der Waals surface area contributed by atoms with Crippen LogP contribution in [0.4, 0.5) is 5.13 Å². The summed E-state index contributed by atoms with van der Waals surface area (Å²) in [7, 11) is -3.67. The fourth-order valence-electron chi connectivity index (χ4n) is 1.24. The van der Waals surface area contributed by atoms with Gasteiger partial charge in [-0.15, -0.1) is 11.3 Å². The third-order valence-electron chi connectivity index (χ3n) is 1.99. The number of aromatic amines is 1. The average Bonchev–Trinajstić information content (AvgIpc) is 2.87. The Morgan fingerprint density at radius 1 is 1.56 bits per heavy atom. The number of rotatable bonds is 5. The predicted molar refractivity (Wildman–Crippen MR) is 65.1 cm³/mol. The first kappa shape index (κ1) is 12.6. The molecule has 0 bridgehead atoms. The predicted octanol–water partition coefficient (Wildman–Crippen LogP) is 0.899. The van der Waals surface area contributed by atoms with Gasteiger partial charge < -0.3 is 10.1 Å². The quantitative estimate of drug-likeness (QED) is 0.756. The average molecular weight is 287 g/mol. The van der Waals surface area contributed by atoms with Crippen LogP contribution in [-0.4, -0.2) is 29.5 Å². The normalized spacial score (nSPS) is 11.3. The van der Waals surface area contributed by atoms with Crippen LogP contribution in [0.1, 0.15) is 5.69 Å². The van der Waals surface area contributed by atoms with Gasteiger partial charge >= 0.3 is 5.97 Å². The molecule has 0 aliphatic heterocycles. The van der Waals surface area contributed by atoms with Gasteiger partial charge in [0, 0.05) is 17.8 Å². The van der Waals surface area contributed by atoms with Gasteiger partial charge in [-0.2, -0.15) is 0 Å². The number of anilines is 1. The van der Waals surface area contributed by atoms with E-state index in [0.29, 0.717) is 5.69 Å². The van der Waals surface area contributed by atoms with Gasteiger partial charge in [-0.25, -0.2) is 13.4 Å². The maximum Gasteiger partial charge on any atom is 0.309 e. The molecule has 0 unspecified atom stereocenters. The molecule has 96 valence electrons. The van der Waals surface area contributed by atoms with Crippen LogP contribution in [0.5, 0.6) is 0 Å². The minimum Gasteiger partial charge on any atom is -0.481 e. The number of aliphatic carboxylic acids is 1. The van der Waals surface area contributed by atoms with E-state index in [0.717, 1.165) is 11.3 Å². The summed E-state index contributed by atoms with van der Waals surface area (Å²) in [6, 6.07) is 1.41. The number of nitrogens with one attached hydrogen (secondary N) is 2. The number of H-pyrrole nitrogens is 1. The fraction of sp³-hybridized carbons (Fsp3) is 0.111. The highest BCUT2D eigenvalue weighted by Crippen LogP contribution is 2.20. The SMILES string of the molecule is O=C(O)Cc1csc(NS(=O)(=O)c2cc[nH]c2)n1. The molecule has 2 heterocycles. The molecule has 0 fully saturated rings. The van der Waals surface area contributed by atoms with Crippen molar-refractivity contribution < 1.29 is 18.3 Å². The van der Waals surface area contributed by atoms with Crippen molar-refractivity contribution in [1.82, 2.24) is 9.97 Å². The fourth-order valence-corrected chi connectivity index (χ4v) is 3.18. The van der Waals surface area contributed by atoms with Crippen LogP contribution in [0.3, 0.4) is 0 Å². The van der Waals surface area contributed by atoms with Crippen molar-refractivity contribution in [2.45, 2.75) is 11.3 Å². The summed E-state index contributed by atoms with van der Waals surface area (Å²) < 4.78 is 25.9. The third kappa shape index (κ3) is 2.87. The Morgan fingerprint density at radius 3 is 2.94 bits per heavy atom. The van der Waals surface area contributed by atoms with E-state index in [1.165, 1.54) is 23.8 Å². The van der Waals surface area contributed by atoms with Crippen LogP contribution < -0.4 is 4.72 Å². The van der Waals surface area contributed by atoms with Crippen molar-refractivity contribution in [3.05, 3.63) is 29.5 Å². The molecule has 18 heavy (non-hydrogen) atoms. The zero-order valence-corrected chi connectivity index (χ0v) is 10.6. The van der Waals surface area contributed by atoms with E-state index in [2.05, 4.69) is 14.7 Å². The van der Waals surface area contributed by atoms with Gasteiger partial charge in [-0.1, -0.05) is 0 Å². The van der Waals surface area contributed by atoms with E-state index >= 15 is 0 Å². The lowest BCUT2D eigenvalue weighted by molar-refractivity contribution is -0.136. The number of hydrogen-bond acceptors (Lipinski definition) is 5. The van der Waals surface area contributed by atoms with E-state index in [1.807, 2.05) is 0 Å². The number of aromatic nitrogens is 2. The van der Waals surface area contributed by atoms with Crippen molar-refractivity contribution in [3.8, 4) is 0 Å². The van der Waals surface area contributed by atoms with Crippen molar-refractivity contribution >= 4 is 32.5 Å². The van der Waals surface area contributed by atoms with Crippen LogP contribution in [0.25, 0.3) is 0 Å². The van der Waals surface area contributed by atoms with Gasteiger partial charge in [0.15, 0.2) is 5.13 Å². The van der Waals surface area contributed by atoms with Gasteiger partial charge in [-0.05, 0) is 6.07 Å². The molecular formula is C9H9N3O4S2. The number of carbonyl (C=O) groups is 1. The zero-order chi connectivity index (χ0) is 13.2. The van der Waals surface area contributed by atoms with Crippen LogP contribution in [0.2, 0.25) is 0 Å². The number of sulfonamides is 1. The van der Waals surface area contributed by atoms with Crippen LogP contribution in [0.15, 0.2) is 28.7 Å². The molecule has 0 aliphatic rings. The molecule has 2 aromatic rings. The maximum atomic E-state index is 11.8. The minimum atomic E-state index is -3.67. The van der Waals surface area contributed by atoms with E-state index in [-0.39, 0.29) is 16.4 Å². The number of carboxylic acid groups (broad SMARTS) is 1. The molecule has 7 nitrogen and oxygen atoms in total. The molecule has 2 rings (SSSR count). The molecule has 0 saturated heterocycles. The van der Waals surface area contributed by atoms with E-state index in [1.54, 1.807) is 0 Å². The molecular weight excluding hydrogens is 278 g/mol. The van der Waals surface area contributed by atoms with E-state index < -0.39 is 16.0 Å². The second-order valence-corrected chi connectivity index (χ2v) is 5.91. The molecule has 0 aliphatic carbocycles. The standard InChI is InChI=1S/C9H9N3O4S2/c13-8(14)3-6-5-17-9(11-6)12-18(15,16)7-1-2-10-4-7/h1-2,4-5,10H,3H2,(H,11,12)(H,13,14). The molecule has 0 radical (unpaired) electrons. The first-order chi connectivity index (χ1) is 8.47. The molecule has 0 spiro atoms. The molecule has 3 N–H and O–H groups in total. The lowest BCUT2D eigenvalue weighted by Gasteiger charge is -2.01. The summed E-state index contributed by atoms with van der Waals surface area (Å²) in [5.74, 6) is -1.01. The smallest absolute Gasteiger partial charge is 0.309 e. The molecule has 0 saturated carbocycles. The Morgan fingerprint density at radius 2 is 2.33 bits per heavy atom. The van der Waals surface area contributed by atoms with Gasteiger partial charge in [0.2, 0.25) is 0 Å². The van der Waals surface area contributed by atoms with Crippen molar-refractivity contribution in [2.75, 3.05) is 4.72 Å². The van der Waals surface area contributed by atoms with Crippen molar-refractivity contribution in [1.29, 1.82) is 0 Å². The first-order valence-electron chi connectivity index (χ1n) is 4.79. The molecule has 0 atom stereocenters. The highest BCUT2D eigenvalue weighted by atomic mass is 32.2. The lowest BCUT2D eigenvalue weighted by Crippen LogP contribution is -2.12. The Kier molecular flexibility index (Phi) is 3.34. The number of hydrogen-bond donors (Lipinski definition) is 3. The van der Waals surface area contributed by atoms with Gasteiger partial charge in [0.25, 0.3) is 10.0 Å². The summed E-state index contributed by atoms with van der Waals surface area (Å²) in [5, 5.41) is 10.2. The number of thiazole rings is 1. The second kappa shape index (κ2) is 4.78. The molecule has 9 heteroatoms. The Hall–Kier alpha value is -1.87. The number of nitrogens with zero attached hydrogens (tertiary/aromatic N) is 1. The highest BCUT2D eigenvalue weighted by molar-refractivity contribution is 7.93. The summed E-state index contributed by atoms with van der Waals surface area (Å²) in [4.78, 5) is 17.1. The lowest BCUT2D eigenvalue weighted by atomic mass is 10.3. The van der Waals surface area contributed by atoms with Gasteiger partial charge in [0.05, 0.1) is 12.1 Å². The Labute approximate surface area is 107 Å². The van der Waals surface area contributed by atoms with E-state index in [4.69, 9.17) is 5.11 Å². The van der Waals surface area contributed by atoms with Crippen LogP contribution >= 0.6 is 11.3 Å². The highest BCUT2D eigenvalue weighted by Gasteiger charge is 2.16. The topological polar surface area (TPSA) is 112 Å². The van der Waals surface area contributed by atoms with E-state index in [9.17, 15) is 13.2 Å². The minimum absolute atomic E-state index is 0.0949. The maximum absolute atomic E-state index is 11.8. The monoisotopic (exact) mass is 287 g/mol. The summed E-state index contributed by atoms with van der Waals surface area (Å²) in [6.45, 7) is 0.